The first-order valence-electron chi connectivity index (χ1n) is 25.0. The summed E-state index contributed by atoms with van der Waals surface area (Å²) in [5, 5.41) is 2.57. The number of hydrogen-bond donors (Lipinski definition) is 0. The van der Waals surface area contributed by atoms with Gasteiger partial charge in [-0.2, -0.15) is 0 Å². The van der Waals surface area contributed by atoms with Gasteiger partial charge in [0.2, 0.25) is 0 Å². The average Bonchev–Trinajstić information content (AvgIpc) is 3.79. The van der Waals surface area contributed by atoms with Crippen LogP contribution in [-0.4, -0.2) is 11.3 Å². The molecule has 1 aromatic heterocycles. The third-order valence-corrected chi connectivity index (χ3v) is 15.6. The number of allylic oxidation sites excluding steroid dienone is 1. The highest BCUT2D eigenvalue weighted by molar-refractivity contribution is 6.85. The minimum atomic E-state index is -0.286. The Labute approximate surface area is 409 Å². The van der Waals surface area contributed by atoms with Crippen molar-refractivity contribution in [2.45, 2.75) is 97.8 Å². The van der Waals surface area contributed by atoms with E-state index in [2.05, 4.69) is 266 Å². The molecule has 3 nitrogen and oxygen atoms in total. The van der Waals surface area contributed by atoms with Gasteiger partial charge < -0.3 is 14.3 Å². The zero-order valence-corrected chi connectivity index (χ0v) is 42.2. The number of aromatic nitrogens is 1. The number of hydrogen-bond acceptors (Lipinski definition) is 2. The molecule has 0 radical (unpaired) electrons. The Morgan fingerprint density at radius 1 is 0.493 bits per heavy atom. The number of nitrogens with zero attached hydrogens (tertiary/aromatic N) is 3. The highest BCUT2D eigenvalue weighted by Gasteiger charge is 2.53. The number of anilines is 5. The van der Waals surface area contributed by atoms with Crippen molar-refractivity contribution in [1.82, 2.24) is 4.48 Å². The molecule has 69 heavy (non-hydrogen) atoms. The van der Waals surface area contributed by atoms with Gasteiger partial charge in [-0.15, -0.1) is 0 Å². The lowest BCUT2D eigenvalue weighted by molar-refractivity contribution is 0.589. The Hall–Kier alpha value is -7.04. The molecule has 0 unspecified atom stereocenters. The molecule has 1 aliphatic carbocycles. The predicted molar refractivity (Wildman–Crippen MR) is 297 cm³/mol. The first-order valence-corrected chi connectivity index (χ1v) is 25.0. The van der Waals surface area contributed by atoms with Gasteiger partial charge in [-0.05, 0) is 121 Å². The maximum atomic E-state index is 2.79. The van der Waals surface area contributed by atoms with Gasteiger partial charge in [0.25, 0.3) is 0 Å². The maximum absolute atomic E-state index is 2.79. The lowest BCUT2D eigenvalue weighted by Gasteiger charge is -2.44. The number of benzene rings is 8. The Morgan fingerprint density at radius 2 is 1.07 bits per heavy atom. The Morgan fingerprint density at radius 3 is 1.75 bits per heavy atom. The van der Waals surface area contributed by atoms with E-state index >= 15 is 0 Å². The molecular formula is C65H62BN3. The molecule has 0 spiro atoms. The summed E-state index contributed by atoms with van der Waals surface area (Å²) in [5.74, 6) is 0. The van der Waals surface area contributed by atoms with Gasteiger partial charge in [0.15, 0.2) is 0 Å². The van der Waals surface area contributed by atoms with Crippen LogP contribution in [0, 0.1) is 0 Å². The van der Waals surface area contributed by atoms with Crippen LogP contribution in [0.15, 0.2) is 181 Å². The fourth-order valence-corrected chi connectivity index (χ4v) is 12.0. The molecule has 0 amide bonds. The van der Waals surface area contributed by atoms with Crippen LogP contribution < -0.4 is 15.3 Å². The van der Waals surface area contributed by atoms with Crippen LogP contribution in [0.5, 0.6) is 0 Å². The summed E-state index contributed by atoms with van der Waals surface area (Å²) in [5.41, 5.74) is 23.9. The lowest BCUT2D eigenvalue weighted by Crippen LogP contribution is -2.52. The quantitative estimate of drug-likeness (QED) is 0.160. The molecule has 0 saturated heterocycles. The summed E-state index contributed by atoms with van der Waals surface area (Å²) in [6, 6.07) is 66.8. The number of fused-ring (bicyclic) bond motifs is 8. The molecule has 4 heteroatoms. The summed E-state index contributed by atoms with van der Waals surface area (Å²) in [6.45, 7) is 26.1. The molecule has 3 heterocycles. The van der Waals surface area contributed by atoms with Gasteiger partial charge in [0.05, 0.1) is 11.4 Å². The van der Waals surface area contributed by atoms with Gasteiger partial charge >= 0.3 is 6.85 Å². The van der Waals surface area contributed by atoms with Crippen LogP contribution in [-0.2, 0) is 21.7 Å². The van der Waals surface area contributed by atoms with Crippen molar-refractivity contribution in [3.05, 3.63) is 209 Å². The van der Waals surface area contributed by atoms with E-state index in [0.717, 1.165) is 11.4 Å². The van der Waals surface area contributed by atoms with Crippen LogP contribution in [0.25, 0.3) is 49.8 Å². The average molecular weight is 896 g/mol. The smallest absolute Gasteiger partial charge is 0.329 e. The molecule has 8 aromatic carbocycles. The van der Waals surface area contributed by atoms with Crippen LogP contribution in [0.3, 0.4) is 0 Å². The van der Waals surface area contributed by atoms with Crippen molar-refractivity contribution in [3.63, 3.8) is 0 Å². The molecule has 340 valence electrons. The summed E-state index contributed by atoms with van der Waals surface area (Å²) in [4.78, 5) is 5.18. The first-order chi connectivity index (χ1) is 32.9. The van der Waals surface area contributed by atoms with Crippen LogP contribution in [0.2, 0.25) is 0 Å². The highest BCUT2D eigenvalue weighted by Crippen LogP contribution is 2.58. The van der Waals surface area contributed by atoms with Crippen molar-refractivity contribution in [1.29, 1.82) is 0 Å². The Bertz CT molecular complexity index is 3570. The summed E-state index contributed by atoms with van der Waals surface area (Å²) < 4.78 is 2.79. The lowest BCUT2D eigenvalue weighted by atomic mass is 9.40. The second-order valence-corrected chi connectivity index (χ2v) is 23.4. The van der Waals surface area contributed by atoms with Crippen molar-refractivity contribution < 1.29 is 0 Å². The van der Waals surface area contributed by atoms with Gasteiger partial charge in [-0.3, -0.25) is 0 Å². The van der Waals surface area contributed by atoms with E-state index < -0.39 is 0 Å². The van der Waals surface area contributed by atoms with E-state index in [-0.39, 0.29) is 28.5 Å². The molecule has 0 saturated carbocycles. The molecule has 0 bridgehead atoms. The van der Waals surface area contributed by atoms with Crippen LogP contribution >= 0.6 is 0 Å². The molecule has 3 aliphatic rings. The normalized spacial score (nSPS) is 14.9. The molecule has 12 rings (SSSR count). The van der Waals surface area contributed by atoms with E-state index in [0.29, 0.717) is 0 Å². The van der Waals surface area contributed by atoms with Crippen molar-refractivity contribution in [2.75, 3.05) is 9.80 Å². The maximum Gasteiger partial charge on any atom is 0.329 e. The fraction of sp³-hybridized carbons (Fsp3) is 0.231. The third-order valence-electron chi connectivity index (χ3n) is 15.6. The first kappa shape index (κ1) is 43.3. The number of rotatable bonds is 5. The van der Waals surface area contributed by atoms with E-state index in [4.69, 9.17) is 0 Å². The summed E-state index contributed by atoms with van der Waals surface area (Å²) in [7, 11) is 0. The fourth-order valence-electron chi connectivity index (χ4n) is 12.0. The molecule has 0 fully saturated rings. The third kappa shape index (κ3) is 6.47. The van der Waals surface area contributed by atoms with Crippen LogP contribution in [0.4, 0.5) is 28.4 Å². The molecule has 0 N–H and O–H groups in total. The number of para-hydroxylation sites is 2. The largest absolute Gasteiger partial charge is 0.375 e. The van der Waals surface area contributed by atoms with Gasteiger partial charge in [-0.1, -0.05) is 191 Å². The monoisotopic (exact) mass is 896 g/mol. The molecular weight excluding hydrogens is 834 g/mol. The highest BCUT2D eigenvalue weighted by atomic mass is 15.2. The van der Waals surface area contributed by atoms with Crippen LogP contribution in [0.1, 0.15) is 104 Å². The topological polar surface area (TPSA) is 11.4 Å². The standard InChI is InChI=1S/C65H62BN3/c1-62(2,3)42-33-35-46(36-34-42)68-56-40-44(64(7,8)9)37-49-50-38-43(63(4,5)6)39-51-57-54(67(45-25-16-13-17-26-45)53-30-21-19-27-47(53)41-23-14-12-15-24-41)31-22-32-55(57)69(59(50)51)66(58(49)56)61-60(68)48-28-18-20-29-52(48)65(61,10)11/h12-40H,1-11H3. The molecule has 0 atom stereocenters. The Balaban J connectivity index is 1.25. The summed E-state index contributed by atoms with van der Waals surface area (Å²) in [6.07, 6.45) is 0. The molecule has 9 aromatic rings. The molecule has 2 aliphatic heterocycles. The van der Waals surface area contributed by atoms with E-state index in [1.54, 1.807) is 0 Å². The predicted octanol–water partition coefficient (Wildman–Crippen LogP) is 16.9. The second-order valence-electron chi connectivity index (χ2n) is 23.4. The van der Waals surface area contributed by atoms with Crippen molar-refractivity contribution in [2.24, 2.45) is 0 Å². The SMILES string of the molecule is CC(C)(C)c1ccc(N2C3=C(B4c5c(cc(C(C)(C)C)cc52)-c2cc(C(C)(C)C)cc5c6c(N(c7ccccc7)c7ccccc7-c7ccccc7)cccc6n4c25)C(C)(C)c2ccccc23)cc1. The summed E-state index contributed by atoms with van der Waals surface area (Å²) >= 11 is 0. The van der Waals surface area contributed by atoms with Gasteiger partial charge in [0.1, 0.15) is 0 Å². The zero-order valence-electron chi connectivity index (χ0n) is 42.2. The van der Waals surface area contributed by atoms with E-state index in [9.17, 15) is 0 Å². The zero-order chi connectivity index (χ0) is 47.9. The second kappa shape index (κ2) is 15.0. The van der Waals surface area contributed by atoms with E-state index in [1.165, 1.54) is 106 Å². The van der Waals surface area contributed by atoms with Gasteiger partial charge in [-0.25, -0.2) is 0 Å². The van der Waals surface area contributed by atoms with Crippen molar-refractivity contribution in [3.8, 4) is 22.3 Å². The Kier molecular flexibility index (Phi) is 9.39. The van der Waals surface area contributed by atoms with E-state index in [1.807, 2.05) is 0 Å². The minimum absolute atomic E-state index is 0.0388. The van der Waals surface area contributed by atoms with Gasteiger partial charge in [0, 0.05) is 66.7 Å². The van der Waals surface area contributed by atoms with Crippen molar-refractivity contribution >= 4 is 68.3 Å². The minimum Gasteiger partial charge on any atom is -0.375 e.